The lowest BCUT2D eigenvalue weighted by Crippen LogP contribution is -2.42. The first-order chi connectivity index (χ1) is 11.3. The summed E-state index contributed by atoms with van der Waals surface area (Å²) in [6.07, 6.45) is 4.19. The SMILES string of the molecule is CCCCCOc1cc(S(=O)(=O)N2CC(C)CC(C)C2)ccc1Cl. The second-order valence-electron chi connectivity index (χ2n) is 6.92. The zero-order chi connectivity index (χ0) is 17.7. The first-order valence-electron chi connectivity index (χ1n) is 8.77. The Labute approximate surface area is 151 Å². The highest BCUT2D eigenvalue weighted by atomic mass is 35.5. The van der Waals surface area contributed by atoms with E-state index >= 15 is 0 Å². The van der Waals surface area contributed by atoms with Gasteiger partial charge >= 0.3 is 0 Å². The maximum absolute atomic E-state index is 12.9. The molecule has 1 heterocycles. The zero-order valence-corrected chi connectivity index (χ0v) is 16.4. The molecule has 1 saturated heterocycles. The molecule has 0 saturated carbocycles. The van der Waals surface area contributed by atoms with E-state index in [1.54, 1.807) is 22.5 Å². The molecule has 1 aliphatic heterocycles. The van der Waals surface area contributed by atoms with Crippen LogP contribution >= 0.6 is 11.6 Å². The Hall–Kier alpha value is -0.780. The van der Waals surface area contributed by atoms with Crippen molar-refractivity contribution in [1.29, 1.82) is 0 Å². The van der Waals surface area contributed by atoms with Crippen LogP contribution in [0, 0.1) is 11.8 Å². The summed E-state index contributed by atoms with van der Waals surface area (Å²) in [6.45, 7) is 8.02. The van der Waals surface area contributed by atoms with Gasteiger partial charge < -0.3 is 4.74 Å². The number of rotatable bonds is 7. The highest BCUT2D eigenvalue weighted by molar-refractivity contribution is 7.89. The van der Waals surface area contributed by atoms with Crippen molar-refractivity contribution < 1.29 is 13.2 Å². The topological polar surface area (TPSA) is 46.6 Å². The van der Waals surface area contributed by atoms with Gasteiger partial charge in [0.15, 0.2) is 0 Å². The average Bonchev–Trinajstić information content (AvgIpc) is 2.52. The summed E-state index contributed by atoms with van der Waals surface area (Å²) in [6, 6.07) is 4.74. The maximum atomic E-state index is 12.9. The lowest BCUT2D eigenvalue weighted by Gasteiger charge is -2.34. The van der Waals surface area contributed by atoms with Gasteiger partial charge in [0.1, 0.15) is 5.75 Å². The van der Waals surface area contributed by atoms with Crippen molar-refractivity contribution in [2.75, 3.05) is 19.7 Å². The molecule has 0 aliphatic carbocycles. The molecule has 0 amide bonds. The van der Waals surface area contributed by atoms with Gasteiger partial charge in [0.25, 0.3) is 0 Å². The van der Waals surface area contributed by atoms with Gasteiger partial charge in [-0.2, -0.15) is 4.31 Å². The third kappa shape index (κ3) is 4.87. The summed E-state index contributed by atoms with van der Waals surface area (Å²) in [5.74, 6) is 1.20. The smallest absolute Gasteiger partial charge is 0.243 e. The molecule has 4 nitrogen and oxygen atoms in total. The van der Waals surface area contributed by atoms with Crippen LogP contribution in [-0.4, -0.2) is 32.4 Å². The summed E-state index contributed by atoms with van der Waals surface area (Å²) < 4.78 is 33.2. The quantitative estimate of drug-likeness (QED) is 0.657. The van der Waals surface area contributed by atoms with Crippen LogP contribution in [0.15, 0.2) is 23.1 Å². The monoisotopic (exact) mass is 373 g/mol. The fourth-order valence-corrected chi connectivity index (χ4v) is 5.11. The Bertz CT molecular complexity index is 638. The molecule has 6 heteroatoms. The third-order valence-electron chi connectivity index (χ3n) is 4.38. The molecule has 0 bridgehead atoms. The normalized spacial score (nSPS) is 22.5. The Morgan fingerprint density at radius 3 is 2.50 bits per heavy atom. The minimum Gasteiger partial charge on any atom is -0.492 e. The molecular weight excluding hydrogens is 346 g/mol. The lowest BCUT2D eigenvalue weighted by atomic mass is 9.94. The van der Waals surface area contributed by atoms with Crippen LogP contribution < -0.4 is 4.74 Å². The molecular formula is C18H28ClNO3S. The number of halogens is 1. The van der Waals surface area contributed by atoms with E-state index in [1.165, 1.54) is 0 Å². The van der Waals surface area contributed by atoms with Crippen molar-refractivity contribution >= 4 is 21.6 Å². The molecule has 2 rings (SSSR count). The first-order valence-corrected chi connectivity index (χ1v) is 10.6. The van der Waals surface area contributed by atoms with Crippen LogP contribution in [0.1, 0.15) is 46.5 Å². The second kappa shape index (κ2) is 8.54. The van der Waals surface area contributed by atoms with Gasteiger partial charge in [0, 0.05) is 19.2 Å². The standard InChI is InChI=1S/C18H28ClNO3S/c1-4-5-6-9-23-18-11-16(7-8-17(18)19)24(21,22)20-12-14(2)10-15(3)13-20/h7-8,11,14-15H,4-6,9-10,12-13H2,1-3H3. The molecule has 1 fully saturated rings. The Morgan fingerprint density at radius 1 is 1.21 bits per heavy atom. The molecule has 136 valence electrons. The lowest BCUT2D eigenvalue weighted by molar-refractivity contribution is 0.222. The minimum absolute atomic E-state index is 0.263. The number of piperidine rings is 1. The van der Waals surface area contributed by atoms with Crippen LogP contribution in [0.3, 0.4) is 0 Å². The van der Waals surface area contributed by atoms with E-state index in [4.69, 9.17) is 16.3 Å². The molecule has 1 aliphatic rings. The second-order valence-corrected chi connectivity index (χ2v) is 9.26. The van der Waals surface area contributed by atoms with Crippen molar-refractivity contribution in [2.45, 2.75) is 51.3 Å². The van der Waals surface area contributed by atoms with Crippen LogP contribution in [0.5, 0.6) is 5.75 Å². The predicted octanol–water partition coefficient (Wildman–Crippen LogP) is 4.58. The van der Waals surface area contributed by atoms with Gasteiger partial charge in [-0.25, -0.2) is 8.42 Å². The van der Waals surface area contributed by atoms with Crippen molar-refractivity contribution in [3.8, 4) is 5.75 Å². The number of hydrogen-bond acceptors (Lipinski definition) is 3. The Morgan fingerprint density at radius 2 is 1.88 bits per heavy atom. The van der Waals surface area contributed by atoms with Crippen molar-refractivity contribution in [3.05, 3.63) is 23.2 Å². The van der Waals surface area contributed by atoms with Crippen LogP contribution in [-0.2, 0) is 10.0 Å². The molecule has 1 aromatic rings. The van der Waals surface area contributed by atoms with E-state index in [2.05, 4.69) is 20.8 Å². The van der Waals surface area contributed by atoms with Crippen LogP contribution in [0.2, 0.25) is 5.02 Å². The summed E-state index contributed by atoms with van der Waals surface area (Å²) >= 11 is 6.16. The van der Waals surface area contributed by atoms with Crippen molar-refractivity contribution in [2.24, 2.45) is 11.8 Å². The maximum Gasteiger partial charge on any atom is 0.243 e. The number of benzene rings is 1. The van der Waals surface area contributed by atoms with E-state index in [9.17, 15) is 8.42 Å². The first kappa shape index (κ1) is 19.5. The summed E-state index contributed by atoms with van der Waals surface area (Å²) in [4.78, 5) is 0.263. The number of sulfonamides is 1. The van der Waals surface area contributed by atoms with Gasteiger partial charge in [-0.1, -0.05) is 45.2 Å². The molecule has 0 aromatic heterocycles. The molecule has 1 aromatic carbocycles. The van der Waals surface area contributed by atoms with Gasteiger partial charge in [-0.15, -0.1) is 0 Å². The highest BCUT2D eigenvalue weighted by Gasteiger charge is 2.32. The third-order valence-corrected chi connectivity index (χ3v) is 6.52. The fraction of sp³-hybridized carbons (Fsp3) is 0.667. The van der Waals surface area contributed by atoms with E-state index in [1.807, 2.05) is 0 Å². The minimum atomic E-state index is -3.51. The zero-order valence-electron chi connectivity index (χ0n) is 14.8. The largest absolute Gasteiger partial charge is 0.492 e. The van der Waals surface area contributed by atoms with Gasteiger partial charge in [0.05, 0.1) is 16.5 Å². The number of nitrogens with zero attached hydrogens (tertiary/aromatic N) is 1. The molecule has 0 N–H and O–H groups in total. The van der Waals surface area contributed by atoms with E-state index < -0.39 is 10.0 Å². The van der Waals surface area contributed by atoms with E-state index in [0.717, 1.165) is 25.7 Å². The van der Waals surface area contributed by atoms with E-state index in [0.29, 0.717) is 42.3 Å². The molecule has 2 atom stereocenters. The van der Waals surface area contributed by atoms with E-state index in [-0.39, 0.29) is 4.90 Å². The summed E-state index contributed by atoms with van der Waals surface area (Å²) in [7, 11) is -3.51. The van der Waals surface area contributed by atoms with Crippen LogP contribution in [0.4, 0.5) is 0 Å². The van der Waals surface area contributed by atoms with Crippen molar-refractivity contribution in [1.82, 2.24) is 4.31 Å². The Kier molecular flexibility index (Phi) is 6.96. The predicted molar refractivity (Wildman–Crippen MR) is 98.2 cm³/mol. The number of unbranched alkanes of at least 4 members (excludes halogenated alkanes) is 2. The van der Waals surface area contributed by atoms with Crippen LogP contribution in [0.25, 0.3) is 0 Å². The average molecular weight is 374 g/mol. The number of hydrogen-bond donors (Lipinski definition) is 0. The van der Waals surface area contributed by atoms with Gasteiger partial charge in [0.2, 0.25) is 10.0 Å². The summed E-state index contributed by atoms with van der Waals surface area (Å²) in [5.41, 5.74) is 0. The Balaban J connectivity index is 2.17. The van der Waals surface area contributed by atoms with Crippen molar-refractivity contribution in [3.63, 3.8) is 0 Å². The summed E-state index contributed by atoms with van der Waals surface area (Å²) in [5, 5.41) is 0.450. The van der Waals surface area contributed by atoms with Gasteiger partial charge in [-0.05, 0) is 36.8 Å². The fourth-order valence-electron chi connectivity index (χ4n) is 3.24. The highest BCUT2D eigenvalue weighted by Crippen LogP contribution is 2.31. The molecule has 0 radical (unpaired) electrons. The number of ether oxygens (including phenoxy) is 1. The molecule has 24 heavy (non-hydrogen) atoms. The molecule has 2 unspecified atom stereocenters. The van der Waals surface area contributed by atoms with Gasteiger partial charge in [-0.3, -0.25) is 0 Å². The molecule has 0 spiro atoms.